The first-order chi connectivity index (χ1) is 13.4. The van der Waals surface area contributed by atoms with Crippen LogP contribution in [0.15, 0.2) is 45.4 Å². The third-order valence-corrected chi connectivity index (χ3v) is 5.09. The van der Waals surface area contributed by atoms with Gasteiger partial charge in [0.2, 0.25) is 0 Å². The maximum Gasteiger partial charge on any atom is 0.289 e. The number of nitrogens with zero attached hydrogens (tertiary/aromatic N) is 3. The minimum atomic E-state index is -0.268. The van der Waals surface area contributed by atoms with Crippen molar-refractivity contribution in [3.63, 3.8) is 0 Å². The van der Waals surface area contributed by atoms with Crippen LogP contribution >= 0.6 is 39.1 Å². The monoisotopic (exact) mass is 485 g/mol. The maximum absolute atomic E-state index is 12.6. The fourth-order valence-corrected chi connectivity index (χ4v) is 3.44. The van der Waals surface area contributed by atoms with E-state index in [-0.39, 0.29) is 24.8 Å². The van der Waals surface area contributed by atoms with Crippen LogP contribution in [0.3, 0.4) is 0 Å². The van der Waals surface area contributed by atoms with Crippen LogP contribution < -0.4 is 4.74 Å². The predicted octanol–water partition coefficient (Wildman–Crippen LogP) is 5.42. The van der Waals surface area contributed by atoms with Gasteiger partial charge in [0.1, 0.15) is 23.8 Å². The average molecular weight is 487 g/mol. The van der Waals surface area contributed by atoms with Gasteiger partial charge in [-0.1, -0.05) is 39.1 Å². The molecule has 1 aromatic carbocycles. The Morgan fingerprint density at radius 3 is 2.75 bits per heavy atom. The van der Waals surface area contributed by atoms with Crippen molar-refractivity contribution in [2.75, 3.05) is 7.05 Å². The topological polar surface area (TPSA) is 60.5 Å². The molecule has 0 unspecified atom stereocenters. The average Bonchev–Trinajstić information content (AvgIpc) is 3.27. The molecule has 0 aliphatic heterocycles. The lowest BCUT2D eigenvalue weighted by atomic mass is 10.3. The van der Waals surface area contributed by atoms with Gasteiger partial charge in [-0.3, -0.25) is 9.48 Å². The smallest absolute Gasteiger partial charge is 0.289 e. The molecule has 3 rings (SSSR count). The van der Waals surface area contributed by atoms with E-state index >= 15 is 0 Å². The standard InChI is InChI=1S/C19H18BrCl2N3O3/c1-3-25-9-15(22)16(23-25)10-24(2)19(26)18-7-5-13(28-18)11-27-17-6-4-12(20)8-14(17)21/h4-9H,3,10-11H2,1-2H3. The van der Waals surface area contributed by atoms with Crippen LogP contribution in [0.2, 0.25) is 10.0 Å². The zero-order valence-electron chi connectivity index (χ0n) is 15.3. The molecule has 2 aromatic heterocycles. The Kier molecular flexibility index (Phi) is 6.69. The number of carbonyl (C=O) groups excluding carboxylic acids is 1. The Morgan fingerprint density at radius 2 is 2.07 bits per heavy atom. The number of aryl methyl sites for hydroxylation is 1. The van der Waals surface area contributed by atoms with Crippen LogP contribution in [0.1, 0.15) is 28.9 Å². The summed E-state index contributed by atoms with van der Waals surface area (Å²) < 4.78 is 13.9. The molecule has 6 nitrogen and oxygen atoms in total. The molecule has 0 radical (unpaired) electrons. The Bertz CT molecular complexity index is 987. The van der Waals surface area contributed by atoms with Gasteiger partial charge < -0.3 is 14.1 Å². The van der Waals surface area contributed by atoms with Crippen molar-refractivity contribution in [1.29, 1.82) is 0 Å². The fraction of sp³-hybridized carbons (Fsp3) is 0.263. The summed E-state index contributed by atoms with van der Waals surface area (Å²) in [5.41, 5.74) is 0.638. The minimum Gasteiger partial charge on any atom is -0.484 e. The van der Waals surface area contributed by atoms with Crippen LogP contribution in [-0.4, -0.2) is 27.6 Å². The number of hydrogen-bond donors (Lipinski definition) is 0. The fourth-order valence-electron chi connectivity index (χ4n) is 2.50. The second-order valence-electron chi connectivity index (χ2n) is 6.07. The quantitative estimate of drug-likeness (QED) is 0.447. The first-order valence-electron chi connectivity index (χ1n) is 8.51. The molecule has 0 spiro atoms. The van der Waals surface area contributed by atoms with Gasteiger partial charge in [0.05, 0.1) is 16.6 Å². The van der Waals surface area contributed by atoms with Gasteiger partial charge in [-0.05, 0) is 37.3 Å². The number of ether oxygens (including phenoxy) is 1. The highest BCUT2D eigenvalue weighted by molar-refractivity contribution is 9.10. The molecule has 0 saturated carbocycles. The first kappa shape index (κ1) is 20.8. The van der Waals surface area contributed by atoms with Gasteiger partial charge in [-0.15, -0.1) is 0 Å². The number of carbonyl (C=O) groups is 1. The van der Waals surface area contributed by atoms with Gasteiger partial charge in [0.15, 0.2) is 5.76 Å². The van der Waals surface area contributed by atoms with Crippen LogP contribution in [0.5, 0.6) is 5.75 Å². The number of furan rings is 1. The van der Waals surface area contributed by atoms with E-state index in [4.69, 9.17) is 32.4 Å². The Balaban J connectivity index is 1.62. The number of halogens is 3. The Labute approximate surface area is 181 Å². The molecule has 0 aliphatic carbocycles. The zero-order valence-corrected chi connectivity index (χ0v) is 18.4. The number of rotatable bonds is 7. The number of aromatic nitrogens is 2. The summed E-state index contributed by atoms with van der Waals surface area (Å²) in [6.07, 6.45) is 1.74. The third kappa shape index (κ3) is 4.90. The van der Waals surface area contributed by atoms with Crippen LogP contribution in [0, 0.1) is 0 Å². The molecule has 0 fully saturated rings. The van der Waals surface area contributed by atoms with E-state index in [2.05, 4.69) is 21.0 Å². The highest BCUT2D eigenvalue weighted by atomic mass is 79.9. The second-order valence-corrected chi connectivity index (χ2v) is 7.80. The molecule has 0 N–H and O–H groups in total. The Morgan fingerprint density at radius 1 is 1.29 bits per heavy atom. The molecule has 9 heteroatoms. The summed E-state index contributed by atoms with van der Waals surface area (Å²) in [7, 11) is 1.67. The van der Waals surface area contributed by atoms with E-state index in [0.29, 0.717) is 33.8 Å². The number of hydrogen-bond acceptors (Lipinski definition) is 4. The molecule has 0 atom stereocenters. The van der Waals surface area contributed by atoms with Crippen molar-refractivity contribution in [1.82, 2.24) is 14.7 Å². The lowest BCUT2D eigenvalue weighted by Gasteiger charge is -2.14. The third-order valence-electron chi connectivity index (χ3n) is 3.98. The zero-order chi connectivity index (χ0) is 20.3. The van der Waals surface area contributed by atoms with Crippen LogP contribution in [0.4, 0.5) is 0 Å². The van der Waals surface area contributed by atoms with E-state index in [9.17, 15) is 4.79 Å². The molecular formula is C19H18BrCl2N3O3. The highest BCUT2D eigenvalue weighted by Crippen LogP contribution is 2.28. The summed E-state index contributed by atoms with van der Waals surface area (Å²) in [5.74, 6) is 1.00. The molecule has 2 heterocycles. The Hall–Kier alpha value is -1.96. The molecule has 0 saturated heterocycles. The molecule has 28 heavy (non-hydrogen) atoms. The van der Waals surface area contributed by atoms with Crippen molar-refractivity contribution in [3.05, 3.63) is 68.3 Å². The lowest BCUT2D eigenvalue weighted by Crippen LogP contribution is -2.26. The number of benzene rings is 1. The van der Waals surface area contributed by atoms with Crippen molar-refractivity contribution >= 4 is 45.0 Å². The molecule has 3 aromatic rings. The van der Waals surface area contributed by atoms with E-state index in [1.54, 1.807) is 42.2 Å². The summed E-state index contributed by atoms with van der Waals surface area (Å²) >= 11 is 15.6. The van der Waals surface area contributed by atoms with Gasteiger partial charge in [0.25, 0.3) is 5.91 Å². The van der Waals surface area contributed by atoms with E-state index < -0.39 is 0 Å². The summed E-state index contributed by atoms with van der Waals surface area (Å²) in [6, 6.07) is 8.65. The first-order valence-corrected chi connectivity index (χ1v) is 10.1. The minimum absolute atomic E-state index is 0.158. The summed E-state index contributed by atoms with van der Waals surface area (Å²) in [5, 5.41) is 5.37. The van der Waals surface area contributed by atoms with Crippen molar-refractivity contribution < 1.29 is 13.9 Å². The van der Waals surface area contributed by atoms with Gasteiger partial charge in [-0.25, -0.2) is 0 Å². The SMILES string of the molecule is CCn1cc(Cl)c(CN(C)C(=O)c2ccc(COc3ccc(Br)cc3Cl)o2)n1. The molecule has 0 aliphatic rings. The van der Waals surface area contributed by atoms with E-state index in [0.717, 1.165) is 4.47 Å². The van der Waals surface area contributed by atoms with E-state index in [1.165, 1.54) is 4.90 Å². The van der Waals surface area contributed by atoms with E-state index in [1.807, 2.05) is 13.0 Å². The normalized spacial score (nSPS) is 10.9. The summed E-state index contributed by atoms with van der Waals surface area (Å²) in [6.45, 7) is 3.12. The second kappa shape index (κ2) is 9.03. The van der Waals surface area contributed by atoms with Gasteiger partial charge in [-0.2, -0.15) is 5.10 Å². The van der Waals surface area contributed by atoms with Crippen molar-refractivity contribution in [2.45, 2.75) is 26.6 Å². The molecular weight excluding hydrogens is 469 g/mol. The van der Waals surface area contributed by atoms with Crippen molar-refractivity contribution in [3.8, 4) is 5.75 Å². The predicted molar refractivity (Wildman–Crippen MR) is 111 cm³/mol. The largest absolute Gasteiger partial charge is 0.484 e. The van der Waals surface area contributed by atoms with Crippen LogP contribution in [-0.2, 0) is 19.7 Å². The summed E-state index contributed by atoms with van der Waals surface area (Å²) in [4.78, 5) is 14.1. The van der Waals surface area contributed by atoms with Gasteiger partial charge >= 0.3 is 0 Å². The maximum atomic E-state index is 12.6. The highest BCUT2D eigenvalue weighted by Gasteiger charge is 2.19. The molecule has 148 valence electrons. The molecule has 1 amide bonds. The van der Waals surface area contributed by atoms with Crippen LogP contribution in [0.25, 0.3) is 0 Å². The lowest BCUT2D eigenvalue weighted by molar-refractivity contribution is 0.0747. The van der Waals surface area contributed by atoms with Gasteiger partial charge in [0, 0.05) is 24.3 Å². The van der Waals surface area contributed by atoms with Crippen molar-refractivity contribution in [2.24, 2.45) is 0 Å². The number of amides is 1. The molecule has 0 bridgehead atoms.